The minimum absolute atomic E-state index is 0.202. The molecular formula is C13H19FN2O. The maximum absolute atomic E-state index is 13.2. The third-order valence-electron chi connectivity index (χ3n) is 3.77. The number of hydrogen-bond acceptors (Lipinski definition) is 2. The highest BCUT2D eigenvalue weighted by molar-refractivity contribution is 5.07. The predicted molar refractivity (Wildman–Crippen MR) is 64.5 cm³/mol. The van der Waals surface area contributed by atoms with Gasteiger partial charge in [-0.2, -0.15) is 4.39 Å². The van der Waals surface area contributed by atoms with Crippen LogP contribution in [-0.4, -0.2) is 9.97 Å². The van der Waals surface area contributed by atoms with Gasteiger partial charge in [-0.15, -0.1) is 0 Å². The lowest BCUT2D eigenvalue weighted by molar-refractivity contribution is 0.220. The fourth-order valence-corrected chi connectivity index (χ4v) is 2.46. The summed E-state index contributed by atoms with van der Waals surface area (Å²) in [5, 5.41) is 0. The van der Waals surface area contributed by atoms with E-state index in [0.29, 0.717) is 11.2 Å². The van der Waals surface area contributed by atoms with Crippen molar-refractivity contribution in [2.45, 2.75) is 52.4 Å². The summed E-state index contributed by atoms with van der Waals surface area (Å²) < 4.78 is 13.2. The van der Waals surface area contributed by atoms with Crippen LogP contribution in [0.25, 0.3) is 0 Å². The molecule has 1 aromatic heterocycles. The average Bonchev–Trinajstić information content (AvgIpc) is 2.25. The monoisotopic (exact) mass is 238 g/mol. The largest absolute Gasteiger partial charge is 0.308 e. The van der Waals surface area contributed by atoms with Gasteiger partial charge in [0, 0.05) is 5.92 Å². The number of nitrogens with one attached hydrogen (secondary N) is 1. The van der Waals surface area contributed by atoms with Crippen molar-refractivity contribution in [3.05, 3.63) is 27.7 Å². The SMILES string of the molecule is Cc1nc(C2CCC(C)(C)CC2)[nH]c(=O)c1F. The van der Waals surface area contributed by atoms with Crippen LogP contribution in [0.3, 0.4) is 0 Å². The molecule has 17 heavy (non-hydrogen) atoms. The Morgan fingerprint density at radius 2 is 1.94 bits per heavy atom. The Kier molecular flexibility index (Phi) is 3.06. The molecule has 0 unspecified atom stereocenters. The first-order valence-electron chi connectivity index (χ1n) is 6.15. The first kappa shape index (κ1) is 12.3. The van der Waals surface area contributed by atoms with Crippen LogP contribution in [-0.2, 0) is 0 Å². The van der Waals surface area contributed by atoms with E-state index < -0.39 is 11.4 Å². The van der Waals surface area contributed by atoms with E-state index in [9.17, 15) is 9.18 Å². The lowest BCUT2D eigenvalue weighted by atomic mass is 9.73. The lowest BCUT2D eigenvalue weighted by Gasteiger charge is -2.33. The Balaban J connectivity index is 2.22. The van der Waals surface area contributed by atoms with Gasteiger partial charge in [-0.3, -0.25) is 4.79 Å². The van der Waals surface area contributed by atoms with Crippen molar-refractivity contribution in [3.63, 3.8) is 0 Å². The fourth-order valence-electron chi connectivity index (χ4n) is 2.46. The van der Waals surface area contributed by atoms with Gasteiger partial charge in [0.05, 0.1) is 5.69 Å². The molecule has 1 aliphatic carbocycles. The number of H-pyrrole nitrogens is 1. The van der Waals surface area contributed by atoms with Crippen molar-refractivity contribution < 1.29 is 4.39 Å². The van der Waals surface area contributed by atoms with Crippen LogP contribution >= 0.6 is 0 Å². The van der Waals surface area contributed by atoms with Crippen molar-refractivity contribution in [2.24, 2.45) is 5.41 Å². The van der Waals surface area contributed by atoms with Gasteiger partial charge in [-0.25, -0.2) is 4.98 Å². The Morgan fingerprint density at radius 3 is 2.47 bits per heavy atom. The number of hydrogen-bond donors (Lipinski definition) is 1. The molecule has 4 heteroatoms. The molecule has 0 atom stereocenters. The molecule has 0 aromatic carbocycles. The van der Waals surface area contributed by atoms with E-state index in [0.717, 1.165) is 25.7 Å². The molecule has 1 aliphatic rings. The molecule has 1 fully saturated rings. The molecular weight excluding hydrogens is 219 g/mol. The standard InChI is InChI=1S/C13H19FN2O/c1-8-10(14)12(17)16-11(15-8)9-4-6-13(2,3)7-5-9/h9H,4-7H2,1-3H3,(H,15,16,17). The number of aromatic nitrogens is 2. The Hall–Kier alpha value is -1.19. The van der Waals surface area contributed by atoms with Gasteiger partial charge in [0.1, 0.15) is 5.82 Å². The topological polar surface area (TPSA) is 45.8 Å². The van der Waals surface area contributed by atoms with Gasteiger partial charge in [0.25, 0.3) is 5.56 Å². The van der Waals surface area contributed by atoms with Gasteiger partial charge < -0.3 is 4.98 Å². The summed E-state index contributed by atoms with van der Waals surface area (Å²) in [5.41, 5.74) is -0.0581. The highest BCUT2D eigenvalue weighted by Gasteiger charge is 2.29. The number of halogens is 1. The van der Waals surface area contributed by atoms with Gasteiger partial charge in [0.2, 0.25) is 5.82 Å². The molecule has 94 valence electrons. The quantitative estimate of drug-likeness (QED) is 0.817. The first-order chi connectivity index (χ1) is 7.89. The van der Waals surface area contributed by atoms with E-state index in [2.05, 4.69) is 23.8 Å². The third kappa shape index (κ3) is 2.56. The number of nitrogens with zero attached hydrogens (tertiary/aromatic N) is 1. The predicted octanol–water partition coefficient (Wildman–Crippen LogP) is 2.90. The molecule has 1 heterocycles. The second-order valence-electron chi connectivity index (χ2n) is 5.79. The summed E-state index contributed by atoms with van der Waals surface area (Å²) in [5.74, 6) is 0.171. The zero-order valence-electron chi connectivity index (χ0n) is 10.6. The maximum Gasteiger partial charge on any atom is 0.287 e. The third-order valence-corrected chi connectivity index (χ3v) is 3.77. The number of rotatable bonds is 1. The van der Waals surface area contributed by atoms with Gasteiger partial charge in [-0.1, -0.05) is 13.8 Å². The molecule has 1 N–H and O–H groups in total. The zero-order chi connectivity index (χ0) is 12.6. The number of aryl methyl sites for hydroxylation is 1. The summed E-state index contributed by atoms with van der Waals surface area (Å²) in [6.07, 6.45) is 4.28. The fraction of sp³-hybridized carbons (Fsp3) is 0.692. The molecule has 3 nitrogen and oxygen atoms in total. The van der Waals surface area contributed by atoms with Crippen molar-refractivity contribution in [1.29, 1.82) is 0 Å². The van der Waals surface area contributed by atoms with Crippen LogP contribution < -0.4 is 5.56 Å². The van der Waals surface area contributed by atoms with E-state index >= 15 is 0 Å². The average molecular weight is 238 g/mol. The zero-order valence-corrected chi connectivity index (χ0v) is 10.6. The second-order valence-corrected chi connectivity index (χ2v) is 5.79. The maximum atomic E-state index is 13.2. The van der Waals surface area contributed by atoms with Crippen LogP contribution in [0.5, 0.6) is 0 Å². The van der Waals surface area contributed by atoms with Crippen LogP contribution in [0.1, 0.15) is 57.0 Å². The minimum Gasteiger partial charge on any atom is -0.308 e. The summed E-state index contributed by atoms with van der Waals surface area (Å²) in [4.78, 5) is 18.1. The molecule has 0 saturated heterocycles. The second kappa shape index (κ2) is 4.24. The normalized spacial score (nSPS) is 20.5. The molecule has 0 bridgehead atoms. The summed E-state index contributed by atoms with van der Waals surface area (Å²) in [7, 11) is 0. The smallest absolute Gasteiger partial charge is 0.287 e. The molecule has 0 radical (unpaired) electrons. The van der Waals surface area contributed by atoms with Crippen molar-refractivity contribution in [3.8, 4) is 0 Å². The molecule has 1 aromatic rings. The molecule has 0 spiro atoms. The van der Waals surface area contributed by atoms with Gasteiger partial charge >= 0.3 is 0 Å². The summed E-state index contributed by atoms with van der Waals surface area (Å²) in [6.45, 7) is 6.06. The Morgan fingerprint density at radius 1 is 1.35 bits per heavy atom. The van der Waals surface area contributed by atoms with Crippen molar-refractivity contribution in [2.75, 3.05) is 0 Å². The highest BCUT2D eigenvalue weighted by atomic mass is 19.1. The Bertz CT molecular complexity index is 469. The molecule has 2 rings (SSSR count). The highest BCUT2D eigenvalue weighted by Crippen LogP contribution is 2.41. The van der Waals surface area contributed by atoms with Crippen LogP contribution in [0.15, 0.2) is 4.79 Å². The summed E-state index contributed by atoms with van der Waals surface area (Å²) in [6, 6.07) is 0. The van der Waals surface area contributed by atoms with Gasteiger partial charge in [0.15, 0.2) is 0 Å². The minimum atomic E-state index is -0.759. The number of aromatic amines is 1. The van der Waals surface area contributed by atoms with Crippen LogP contribution in [0.2, 0.25) is 0 Å². The van der Waals surface area contributed by atoms with E-state index in [4.69, 9.17) is 0 Å². The van der Waals surface area contributed by atoms with E-state index in [1.54, 1.807) is 6.92 Å². The van der Waals surface area contributed by atoms with E-state index in [-0.39, 0.29) is 11.6 Å². The van der Waals surface area contributed by atoms with E-state index in [1.165, 1.54) is 0 Å². The van der Waals surface area contributed by atoms with E-state index in [1.807, 2.05) is 0 Å². The van der Waals surface area contributed by atoms with Crippen molar-refractivity contribution >= 4 is 0 Å². The van der Waals surface area contributed by atoms with Gasteiger partial charge in [-0.05, 0) is 38.0 Å². The molecule has 0 aliphatic heterocycles. The van der Waals surface area contributed by atoms with Crippen LogP contribution in [0.4, 0.5) is 4.39 Å². The molecule has 1 saturated carbocycles. The first-order valence-corrected chi connectivity index (χ1v) is 6.15. The molecule has 0 amide bonds. The summed E-state index contributed by atoms with van der Waals surface area (Å²) >= 11 is 0. The Labute approximate surface area is 100 Å². The lowest BCUT2D eigenvalue weighted by Crippen LogP contribution is -2.24. The van der Waals surface area contributed by atoms with Crippen molar-refractivity contribution in [1.82, 2.24) is 9.97 Å². The van der Waals surface area contributed by atoms with Crippen LogP contribution in [0, 0.1) is 18.2 Å².